The van der Waals surface area contributed by atoms with Crippen LogP contribution in [0.2, 0.25) is 0 Å². The van der Waals surface area contributed by atoms with Gasteiger partial charge in [0.25, 0.3) is 0 Å². The average molecular weight is 180 g/mol. The summed E-state index contributed by atoms with van der Waals surface area (Å²) in [5.74, 6) is 0.544. The first-order valence-corrected chi connectivity index (χ1v) is 4.76. The molecule has 13 heavy (non-hydrogen) atoms. The highest BCUT2D eigenvalue weighted by Gasteiger charge is 2.28. The van der Waals surface area contributed by atoms with Crippen LogP contribution >= 0.6 is 0 Å². The van der Waals surface area contributed by atoms with E-state index in [4.69, 9.17) is 5.73 Å². The van der Waals surface area contributed by atoms with Gasteiger partial charge < -0.3 is 11.1 Å². The molecule has 4 N–H and O–H groups in total. The Morgan fingerprint density at radius 2 is 2.54 bits per heavy atom. The van der Waals surface area contributed by atoms with Crippen LogP contribution in [-0.2, 0) is 0 Å². The number of H-pyrrole nitrogens is 1. The number of nitrogens with zero attached hydrogens (tertiary/aromatic N) is 1. The number of rotatable bonds is 2. The highest BCUT2D eigenvalue weighted by molar-refractivity contribution is 5.13. The fourth-order valence-corrected chi connectivity index (χ4v) is 1.96. The fourth-order valence-electron chi connectivity index (χ4n) is 1.96. The number of nitrogens with two attached hydrogens (primary N) is 1. The molecule has 2 rings (SSSR count). The fraction of sp³-hybridized carbons (Fsp3) is 0.667. The van der Waals surface area contributed by atoms with Gasteiger partial charge in [0.1, 0.15) is 0 Å². The first kappa shape index (κ1) is 8.72. The van der Waals surface area contributed by atoms with Gasteiger partial charge in [0, 0.05) is 5.69 Å². The molecule has 72 valence electrons. The SMILES string of the molecule is Cc1cc(C2NCCC2CN)n[nH]1. The molecule has 0 amide bonds. The van der Waals surface area contributed by atoms with Crippen LogP contribution in [0.15, 0.2) is 6.07 Å². The molecule has 1 saturated heterocycles. The Morgan fingerprint density at radius 1 is 1.69 bits per heavy atom. The third kappa shape index (κ3) is 1.59. The molecule has 1 fully saturated rings. The van der Waals surface area contributed by atoms with Gasteiger partial charge in [0.15, 0.2) is 0 Å². The molecule has 2 heterocycles. The molecule has 0 saturated carbocycles. The minimum atomic E-state index is 0.356. The molecule has 0 aromatic carbocycles. The maximum atomic E-state index is 5.69. The van der Waals surface area contributed by atoms with Gasteiger partial charge in [-0.2, -0.15) is 5.10 Å². The predicted octanol–water partition coefficient (Wildman–Crippen LogP) is 0.327. The first-order chi connectivity index (χ1) is 6.31. The second-order valence-electron chi connectivity index (χ2n) is 3.69. The molecule has 2 unspecified atom stereocenters. The van der Waals surface area contributed by atoms with Crippen molar-refractivity contribution in [1.82, 2.24) is 15.5 Å². The van der Waals surface area contributed by atoms with Crippen LogP contribution in [0.25, 0.3) is 0 Å². The average Bonchev–Trinajstić information content (AvgIpc) is 2.71. The van der Waals surface area contributed by atoms with E-state index in [2.05, 4.69) is 21.6 Å². The lowest BCUT2D eigenvalue weighted by molar-refractivity contribution is 0.463. The molecule has 1 aromatic rings. The van der Waals surface area contributed by atoms with Crippen molar-refractivity contribution in [3.63, 3.8) is 0 Å². The van der Waals surface area contributed by atoms with Crippen molar-refractivity contribution in [3.8, 4) is 0 Å². The molecule has 4 nitrogen and oxygen atoms in total. The second-order valence-corrected chi connectivity index (χ2v) is 3.69. The van der Waals surface area contributed by atoms with E-state index >= 15 is 0 Å². The lowest BCUT2D eigenvalue weighted by Gasteiger charge is -2.14. The van der Waals surface area contributed by atoms with Crippen molar-refractivity contribution >= 4 is 0 Å². The van der Waals surface area contributed by atoms with Crippen LogP contribution in [0.1, 0.15) is 23.9 Å². The molecule has 2 atom stereocenters. The van der Waals surface area contributed by atoms with E-state index in [-0.39, 0.29) is 0 Å². The zero-order chi connectivity index (χ0) is 9.26. The van der Waals surface area contributed by atoms with Crippen LogP contribution in [0.5, 0.6) is 0 Å². The molecule has 0 aliphatic carbocycles. The van der Waals surface area contributed by atoms with Crippen molar-refractivity contribution < 1.29 is 0 Å². The van der Waals surface area contributed by atoms with Crippen LogP contribution in [0.3, 0.4) is 0 Å². The Hall–Kier alpha value is -0.870. The second kappa shape index (κ2) is 3.47. The van der Waals surface area contributed by atoms with Crippen LogP contribution in [0.4, 0.5) is 0 Å². The largest absolute Gasteiger partial charge is 0.330 e. The van der Waals surface area contributed by atoms with Crippen molar-refractivity contribution in [2.75, 3.05) is 13.1 Å². The van der Waals surface area contributed by atoms with Crippen LogP contribution in [-0.4, -0.2) is 23.3 Å². The summed E-state index contributed by atoms with van der Waals surface area (Å²) in [6.45, 7) is 3.81. The van der Waals surface area contributed by atoms with E-state index in [1.165, 1.54) is 0 Å². The third-order valence-corrected chi connectivity index (χ3v) is 2.70. The predicted molar refractivity (Wildman–Crippen MR) is 51.2 cm³/mol. The van der Waals surface area contributed by atoms with Crippen molar-refractivity contribution in [2.45, 2.75) is 19.4 Å². The standard InChI is InChI=1S/C9H16N4/c1-6-4-8(13-12-6)9-7(5-10)2-3-11-9/h4,7,9,11H,2-3,5,10H2,1H3,(H,12,13). The summed E-state index contributed by atoms with van der Waals surface area (Å²) in [5.41, 5.74) is 7.90. The molecule has 0 spiro atoms. The third-order valence-electron chi connectivity index (χ3n) is 2.70. The molecule has 1 aliphatic heterocycles. The normalized spacial score (nSPS) is 28.2. The van der Waals surface area contributed by atoms with Gasteiger partial charge in [-0.05, 0) is 38.4 Å². The zero-order valence-electron chi connectivity index (χ0n) is 7.88. The molecule has 4 heteroatoms. The summed E-state index contributed by atoms with van der Waals surface area (Å²) in [4.78, 5) is 0. The summed E-state index contributed by atoms with van der Waals surface area (Å²) >= 11 is 0. The number of aromatic amines is 1. The summed E-state index contributed by atoms with van der Waals surface area (Å²) in [5, 5.41) is 10.6. The van der Waals surface area contributed by atoms with E-state index in [1.807, 2.05) is 6.92 Å². The quantitative estimate of drug-likeness (QED) is 0.614. The number of aromatic nitrogens is 2. The van der Waals surface area contributed by atoms with E-state index in [9.17, 15) is 0 Å². The van der Waals surface area contributed by atoms with Gasteiger partial charge in [0.05, 0.1) is 11.7 Å². The summed E-state index contributed by atoms with van der Waals surface area (Å²) in [6.07, 6.45) is 1.16. The van der Waals surface area contributed by atoms with Gasteiger partial charge >= 0.3 is 0 Å². The number of hydrogen-bond donors (Lipinski definition) is 3. The maximum Gasteiger partial charge on any atom is 0.0797 e. The Bertz CT molecular complexity index is 281. The minimum Gasteiger partial charge on any atom is -0.330 e. The Labute approximate surface area is 77.9 Å². The maximum absolute atomic E-state index is 5.69. The van der Waals surface area contributed by atoms with E-state index < -0.39 is 0 Å². The van der Waals surface area contributed by atoms with E-state index in [1.54, 1.807) is 0 Å². The molecule has 1 aromatic heterocycles. The summed E-state index contributed by atoms with van der Waals surface area (Å²) in [7, 11) is 0. The number of hydrogen-bond acceptors (Lipinski definition) is 3. The van der Waals surface area contributed by atoms with Crippen LogP contribution < -0.4 is 11.1 Å². The molecule has 0 bridgehead atoms. The van der Waals surface area contributed by atoms with E-state index in [0.29, 0.717) is 12.0 Å². The summed E-state index contributed by atoms with van der Waals surface area (Å²) in [6, 6.07) is 2.45. The van der Waals surface area contributed by atoms with Crippen molar-refractivity contribution in [1.29, 1.82) is 0 Å². The first-order valence-electron chi connectivity index (χ1n) is 4.76. The Kier molecular flexibility index (Phi) is 2.33. The topological polar surface area (TPSA) is 66.7 Å². The monoisotopic (exact) mass is 180 g/mol. The molecular weight excluding hydrogens is 164 g/mol. The molecular formula is C9H16N4. The van der Waals surface area contributed by atoms with Gasteiger partial charge in [-0.1, -0.05) is 0 Å². The molecule has 0 radical (unpaired) electrons. The minimum absolute atomic E-state index is 0.356. The lowest BCUT2D eigenvalue weighted by Crippen LogP contribution is -2.23. The Balaban J connectivity index is 2.15. The van der Waals surface area contributed by atoms with Gasteiger partial charge in [-0.3, -0.25) is 5.10 Å². The lowest BCUT2D eigenvalue weighted by atomic mass is 9.98. The van der Waals surface area contributed by atoms with E-state index in [0.717, 1.165) is 30.9 Å². The smallest absolute Gasteiger partial charge is 0.0797 e. The molecule has 1 aliphatic rings. The zero-order valence-corrected chi connectivity index (χ0v) is 7.88. The highest BCUT2D eigenvalue weighted by atomic mass is 15.1. The summed E-state index contributed by atoms with van der Waals surface area (Å²) < 4.78 is 0. The van der Waals surface area contributed by atoms with Crippen molar-refractivity contribution in [3.05, 3.63) is 17.5 Å². The number of aryl methyl sites for hydroxylation is 1. The van der Waals surface area contributed by atoms with Gasteiger partial charge in [0.2, 0.25) is 0 Å². The number of nitrogens with one attached hydrogen (secondary N) is 2. The van der Waals surface area contributed by atoms with Gasteiger partial charge in [-0.25, -0.2) is 0 Å². The van der Waals surface area contributed by atoms with Gasteiger partial charge in [-0.15, -0.1) is 0 Å². The van der Waals surface area contributed by atoms with Crippen LogP contribution in [0, 0.1) is 12.8 Å². The highest BCUT2D eigenvalue weighted by Crippen LogP contribution is 2.27. The van der Waals surface area contributed by atoms with Crippen molar-refractivity contribution in [2.24, 2.45) is 11.7 Å². The Morgan fingerprint density at radius 3 is 3.15 bits per heavy atom.